The minimum Gasteiger partial charge on any atom is -0.390 e. The lowest BCUT2D eigenvalue weighted by Gasteiger charge is -2.33. The Balaban J connectivity index is 2.76. The molecule has 1 rings (SSSR count). The molecule has 1 N–H and O–H groups in total. The van der Waals surface area contributed by atoms with Crippen molar-refractivity contribution in [1.29, 1.82) is 0 Å². The lowest BCUT2D eigenvalue weighted by atomic mass is 9.98. The summed E-state index contributed by atoms with van der Waals surface area (Å²) in [5.41, 5.74) is 0.123. The van der Waals surface area contributed by atoms with E-state index >= 15 is 0 Å². The van der Waals surface area contributed by atoms with Crippen molar-refractivity contribution in [3.63, 3.8) is 0 Å². The van der Waals surface area contributed by atoms with Crippen molar-refractivity contribution in [3.8, 4) is 0 Å². The molecule has 0 saturated heterocycles. The van der Waals surface area contributed by atoms with Crippen molar-refractivity contribution >= 4 is 16.8 Å². The summed E-state index contributed by atoms with van der Waals surface area (Å²) in [6.07, 6.45) is -0.272. The second kappa shape index (κ2) is 4.23. The highest BCUT2D eigenvalue weighted by atomic mass is 32.2. The predicted molar refractivity (Wildman–Crippen MR) is 64.0 cm³/mol. The number of hydrogen-bond donors (Lipinski definition) is 1. The second-order valence-corrected chi connectivity index (χ2v) is 6.46. The van der Waals surface area contributed by atoms with Gasteiger partial charge in [-0.15, -0.1) is 11.8 Å². The van der Waals surface area contributed by atoms with Crippen LogP contribution >= 0.6 is 11.8 Å². The predicted octanol–water partition coefficient (Wildman–Crippen LogP) is 2.56. The molecule has 0 amide bonds. The van der Waals surface area contributed by atoms with Gasteiger partial charge in [-0.2, -0.15) is 0 Å². The first kappa shape index (κ1) is 12.1. The number of aliphatic imine (C=N–C) groups is 1. The first-order chi connectivity index (χ1) is 6.32. The molecule has 0 bridgehead atoms. The van der Waals surface area contributed by atoms with Gasteiger partial charge in [0, 0.05) is 10.7 Å². The average Bonchev–Trinajstić information content (AvgIpc) is 2.02. The number of aliphatic hydroxyl groups excluding tert-OH is 1. The SMILES string of the molecule is CC(C)C1SC(C(C)(C)C)=NCC1O. The Labute approximate surface area is 91.2 Å². The summed E-state index contributed by atoms with van der Waals surface area (Å²) in [6, 6.07) is 0. The molecule has 0 aromatic heterocycles. The standard InChI is InChI=1S/C11H21NOS/c1-7(2)9-8(13)6-12-10(14-9)11(3,4)5/h7-9,13H,6H2,1-5H3. The van der Waals surface area contributed by atoms with Crippen LogP contribution in [0.1, 0.15) is 34.6 Å². The minimum absolute atomic E-state index is 0.123. The van der Waals surface area contributed by atoms with E-state index in [1.54, 1.807) is 11.8 Å². The molecule has 0 saturated carbocycles. The van der Waals surface area contributed by atoms with E-state index < -0.39 is 0 Å². The molecule has 3 heteroatoms. The van der Waals surface area contributed by atoms with E-state index in [1.165, 1.54) is 5.04 Å². The molecular formula is C11H21NOS. The zero-order chi connectivity index (χ0) is 10.9. The molecule has 2 nitrogen and oxygen atoms in total. The van der Waals surface area contributed by atoms with E-state index in [0.717, 1.165) is 0 Å². The van der Waals surface area contributed by atoms with Crippen molar-refractivity contribution in [2.75, 3.05) is 6.54 Å². The fourth-order valence-corrected chi connectivity index (χ4v) is 2.80. The number of rotatable bonds is 1. The van der Waals surface area contributed by atoms with Gasteiger partial charge in [-0.1, -0.05) is 34.6 Å². The van der Waals surface area contributed by atoms with Crippen molar-refractivity contribution in [3.05, 3.63) is 0 Å². The van der Waals surface area contributed by atoms with Crippen LogP contribution in [0.3, 0.4) is 0 Å². The quantitative estimate of drug-likeness (QED) is 0.729. The monoisotopic (exact) mass is 215 g/mol. The van der Waals surface area contributed by atoms with Crippen LogP contribution < -0.4 is 0 Å². The molecule has 2 atom stereocenters. The van der Waals surface area contributed by atoms with E-state index in [2.05, 4.69) is 39.6 Å². The Morgan fingerprint density at radius 1 is 1.43 bits per heavy atom. The average molecular weight is 215 g/mol. The lowest BCUT2D eigenvalue weighted by molar-refractivity contribution is 0.163. The molecule has 0 radical (unpaired) electrons. The smallest absolute Gasteiger partial charge is 0.0860 e. The number of thioether (sulfide) groups is 1. The van der Waals surface area contributed by atoms with Gasteiger partial charge in [0.1, 0.15) is 0 Å². The Morgan fingerprint density at radius 2 is 2.00 bits per heavy atom. The normalized spacial score (nSPS) is 29.2. The van der Waals surface area contributed by atoms with E-state index in [4.69, 9.17) is 0 Å². The number of hydrogen-bond acceptors (Lipinski definition) is 3. The molecule has 0 spiro atoms. The van der Waals surface area contributed by atoms with Crippen LogP contribution in [0.5, 0.6) is 0 Å². The zero-order valence-electron chi connectivity index (χ0n) is 9.74. The maximum absolute atomic E-state index is 9.79. The molecule has 14 heavy (non-hydrogen) atoms. The first-order valence-corrected chi connectivity index (χ1v) is 6.10. The minimum atomic E-state index is -0.272. The molecular weight excluding hydrogens is 194 g/mol. The highest BCUT2D eigenvalue weighted by Gasteiger charge is 2.32. The summed E-state index contributed by atoms with van der Waals surface area (Å²) in [4.78, 5) is 4.44. The van der Waals surface area contributed by atoms with E-state index in [1.807, 2.05) is 0 Å². The fraction of sp³-hybridized carbons (Fsp3) is 0.909. The van der Waals surface area contributed by atoms with Gasteiger partial charge in [-0.3, -0.25) is 4.99 Å². The van der Waals surface area contributed by atoms with Gasteiger partial charge in [0.05, 0.1) is 17.7 Å². The third-order valence-corrected chi connectivity index (χ3v) is 4.44. The topological polar surface area (TPSA) is 32.6 Å². The van der Waals surface area contributed by atoms with Crippen LogP contribution in [-0.2, 0) is 0 Å². The number of nitrogens with zero attached hydrogens (tertiary/aromatic N) is 1. The van der Waals surface area contributed by atoms with Gasteiger partial charge in [0.15, 0.2) is 0 Å². The largest absolute Gasteiger partial charge is 0.390 e. The third-order valence-electron chi connectivity index (χ3n) is 2.35. The second-order valence-electron chi connectivity index (χ2n) is 5.29. The zero-order valence-corrected chi connectivity index (χ0v) is 10.6. The molecule has 82 valence electrons. The molecule has 0 aromatic carbocycles. The van der Waals surface area contributed by atoms with Crippen molar-refractivity contribution < 1.29 is 5.11 Å². The van der Waals surface area contributed by atoms with Crippen LogP contribution in [0.15, 0.2) is 4.99 Å². The Bertz CT molecular complexity index is 230. The molecule has 1 aliphatic heterocycles. The van der Waals surface area contributed by atoms with Crippen LogP contribution in [-0.4, -0.2) is 28.0 Å². The van der Waals surface area contributed by atoms with Gasteiger partial charge in [-0.25, -0.2) is 0 Å². The Hall–Kier alpha value is -0.0200. The van der Waals surface area contributed by atoms with Gasteiger partial charge in [0.25, 0.3) is 0 Å². The fourth-order valence-electron chi connectivity index (χ4n) is 1.52. The number of aliphatic hydroxyl groups is 1. The Morgan fingerprint density at radius 3 is 2.43 bits per heavy atom. The first-order valence-electron chi connectivity index (χ1n) is 5.22. The summed E-state index contributed by atoms with van der Waals surface area (Å²) in [7, 11) is 0. The third kappa shape index (κ3) is 2.74. The maximum atomic E-state index is 9.79. The summed E-state index contributed by atoms with van der Waals surface area (Å²) < 4.78 is 0. The highest BCUT2D eigenvalue weighted by Crippen LogP contribution is 2.35. The highest BCUT2D eigenvalue weighted by molar-refractivity contribution is 8.14. The summed E-state index contributed by atoms with van der Waals surface area (Å²) in [5.74, 6) is 0.503. The molecule has 1 aliphatic rings. The molecule has 2 unspecified atom stereocenters. The van der Waals surface area contributed by atoms with Crippen molar-refractivity contribution in [1.82, 2.24) is 0 Å². The lowest BCUT2D eigenvalue weighted by Crippen LogP contribution is -2.38. The van der Waals surface area contributed by atoms with Crippen LogP contribution in [0.2, 0.25) is 0 Å². The van der Waals surface area contributed by atoms with Gasteiger partial charge < -0.3 is 5.11 Å². The van der Waals surface area contributed by atoms with Gasteiger partial charge in [0.2, 0.25) is 0 Å². The molecule has 0 aliphatic carbocycles. The van der Waals surface area contributed by atoms with Crippen LogP contribution in [0, 0.1) is 11.3 Å². The maximum Gasteiger partial charge on any atom is 0.0860 e. The van der Waals surface area contributed by atoms with Crippen molar-refractivity contribution in [2.24, 2.45) is 16.3 Å². The van der Waals surface area contributed by atoms with E-state index in [-0.39, 0.29) is 11.5 Å². The molecule has 0 fully saturated rings. The summed E-state index contributed by atoms with van der Waals surface area (Å²) >= 11 is 1.75. The summed E-state index contributed by atoms with van der Waals surface area (Å²) in [5, 5.41) is 11.3. The summed E-state index contributed by atoms with van der Waals surface area (Å²) in [6.45, 7) is 11.4. The van der Waals surface area contributed by atoms with Crippen LogP contribution in [0.4, 0.5) is 0 Å². The van der Waals surface area contributed by atoms with Crippen molar-refractivity contribution in [2.45, 2.75) is 46.0 Å². The Kier molecular flexibility index (Phi) is 3.64. The molecule has 1 heterocycles. The van der Waals surface area contributed by atoms with E-state index in [9.17, 15) is 5.11 Å². The molecule has 0 aromatic rings. The van der Waals surface area contributed by atoms with Gasteiger partial charge >= 0.3 is 0 Å². The van der Waals surface area contributed by atoms with Crippen LogP contribution in [0.25, 0.3) is 0 Å². The van der Waals surface area contributed by atoms with E-state index in [0.29, 0.717) is 17.7 Å². The van der Waals surface area contributed by atoms with Gasteiger partial charge in [-0.05, 0) is 5.92 Å².